The quantitative estimate of drug-likeness (QED) is 0.794. The van der Waals surface area contributed by atoms with Crippen LogP contribution in [0, 0.1) is 0 Å². The maximum atomic E-state index is 11.5. The fraction of sp³-hybridized carbons (Fsp3) is 0.200. The van der Waals surface area contributed by atoms with Crippen molar-refractivity contribution in [3.05, 3.63) is 53.6 Å². The maximum Gasteiger partial charge on any atom is 0.187 e. The summed E-state index contributed by atoms with van der Waals surface area (Å²) in [7, 11) is 0. The van der Waals surface area contributed by atoms with Gasteiger partial charge in [0.25, 0.3) is 0 Å². The molecule has 0 bridgehead atoms. The first-order chi connectivity index (χ1) is 8.53. The largest absolute Gasteiger partial charge is 0.302 e. The van der Waals surface area contributed by atoms with Crippen molar-refractivity contribution in [1.29, 1.82) is 0 Å². The summed E-state index contributed by atoms with van der Waals surface area (Å²) < 4.78 is 20.9. The molecule has 1 aliphatic rings. The second-order valence-corrected chi connectivity index (χ2v) is 6.04. The van der Waals surface area contributed by atoms with Gasteiger partial charge < -0.3 is 4.55 Å². The standard InChI is InChI=1S/C15H14O2S/c1-15(2)11-7-4-3-6-10(11)14-12(15)8-5-9-13(14)18(16)17/h3-9H,1-2H3,(H,16,17). The third-order valence-corrected chi connectivity index (χ3v) is 4.47. The number of rotatable bonds is 1. The summed E-state index contributed by atoms with van der Waals surface area (Å²) in [6.45, 7) is 4.31. The minimum Gasteiger partial charge on any atom is -0.302 e. The average Bonchev–Trinajstić information content (AvgIpc) is 2.59. The van der Waals surface area contributed by atoms with Gasteiger partial charge in [0.15, 0.2) is 11.1 Å². The van der Waals surface area contributed by atoms with E-state index in [-0.39, 0.29) is 5.41 Å². The lowest BCUT2D eigenvalue weighted by atomic mass is 9.82. The van der Waals surface area contributed by atoms with E-state index in [2.05, 4.69) is 19.9 Å². The van der Waals surface area contributed by atoms with Crippen molar-refractivity contribution in [2.24, 2.45) is 0 Å². The molecule has 0 saturated carbocycles. The molecule has 2 aromatic carbocycles. The third kappa shape index (κ3) is 1.41. The highest BCUT2D eigenvalue weighted by Crippen LogP contribution is 2.50. The van der Waals surface area contributed by atoms with E-state index in [0.29, 0.717) is 4.90 Å². The van der Waals surface area contributed by atoms with Crippen molar-refractivity contribution in [2.45, 2.75) is 24.2 Å². The van der Waals surface area contributed by atoms with Gasteiger partial charge in [0.05, 0.1) is 4.90 Å². The van der Waals surface area contributed by atoms with Crippen molar-refractivity contribution < 1.29 is 8.76 Å². The molecule has 0 amide bonds. The van der Waals surface area contributed by atoms with E-state index in [4.69, 9.17) is 0 Å². The molecule has 2 nitrogen and oxygen atoms in total. The van der Waals surface area contributed by atoms with E-state index >= 15 is 0 Å². The molecule has 0 aromatic heterocycles. The van der Waals surface area contributed by atoms with E-state index < -0.39 is 11.1 Å². The highest BCUT2D eigenvalue weighted by Gasteiger charge is 2.36. The molecule has 1 unspecified atom stereocenters. The van der Waals surface area contributed by atoms with E-state index in [1.54, 1.807) is 6.07 Å². The van der Waals surface area contributed by atoms with Crippen molar-refractivity contribution in [2.75, 3.05) is 0 Å². The van der Waals surface area contributed by atoms with Crippen LogP contribution in [-0.2, 0) is 16.5 Å². The molecule has 0 spiro atoms. The van der Waals surface area contributed by atoms with Crippen LogP contribution in [0.5, 0.6) is 0 Å². The molecule has 92 valence electrons. The van der Waals surface area contributed by atoms with Gasteiger partial charge in [-0.05, 0) is 22.8 Å². The van der Waals surface area contributed by atoms with Crippen LogP contribution >= 0.6 is 0 Å². The van der Waals surface area contributed by atoms with E-state index in [1.807, 2.05) is 30.3 Å². The monoisotopic (exact) mass is 258 g/mol. The molecule has 1 N–H and O–H groups in total. The Hall–Kier alpha value is -1.45. The highest BCUT2D eigenvalue weighted by molar-refractivity contribution is 7.79. The van der Waals surface area contributed by atoms with Crippen molar-refractivity contribution in [1.82, 2.24) is 0 Å². The van der Waals surface area contributed by atoms with Crippen LogP contribution in [0.15, 0.2) is 47.4 Å². The van der Waals surface area contributed by atoms with E-state index in [1.165, 1.54) is 5.56 Å². The van der Waals surface area contributed by atoms with Crippen LogP contribution < -0.4 is 0 Å². The predicted molar refractivity (Wildman–Crippen MR) is 73.0 cm³/mol. The SMILES string of the molecule is CC1(C)c2ccccc2-c2c(S(=O)O)cccc21. The van der Waals surface area contributed by atoms with Gasteiger partial charge in [0, 0.05) is 11.0 Å². The Morgan fingerprint density at radius 3 is 2.39 bits per heavy atom. The number of benzene rings is 2. The van der Waals surface area contributed by atoms with E-state index in [9.17, 15) is 8.76 Å². The topological polar surface area (TPSA) is 37.3 Å². The summed E-state index contributed by atoms with van der Waals surface area (Å²) in [5.74, 6) is 0. The Morgan fingerprint density at radius 2 is 1.67 bits per heavy atom. The molecule has 1 atom stereocenters. The van der Waals surface area contributed by atoms with Crippen LogP contribution in [0.4, 0.5) is 0 Å². The molecule has 0 fully saturated rings. The van der Waals surface area contributed by atoms with Gasteiger partial charge >= 0.3 is 0 Å². The Kier molecular flexibility index (Phi) is 2.44. The first kappa shape index (κ1) is 11.6. The van der Waals surface area contributed by atoms with Gasteiger partial charge in [-0.15, -0.1) is 0 Å². The normalized spacial score (nSPS) is 17.1. The highest BCUT2D eigenvalue weighted by atomic mass is 32.2. The summed E-state index contributed by atoms with van der Waals surface area (Å²) >= 11 is -1.95. The third-order valence-electron chi connectivity index (χ3n) is 3.76. The minimum absolute atomic E-state index is 0.110. The van der Waals surface area contributed by atoms with Gasteiger partial charge in [-0.1, -0.05) is 50.2 Å². The molecule has 18 heavy (non-hydrogen) atoms. The van der Waals surface area contributed by atoms with Crippen molar-refractivity contribution in [3.63, 3.8) is 0 Å². The Labute approximate surface area is 109 Å². The Morgan fingerprint density at radius 1 is 1.00 bits per heavy atom. The lowest BCUT2D eigenvalue weighted by Crippen LogP contribution is -2.14. The fourth-order valence-corrected chi connectivity index (χ4v) is 3.46. The van der Waals surface area contributed by atoms with Gasteiger partial charge in [-0.25, -0.2) is 4.21 Å². The van der Waals surface area contributed by atoms with Crippen LogP contribution in [-0.4, -0.2) is 8.76 Å². The molecular weight excluding hydrogens is 244 g/mol. The molecule has 0 radical (unpaired) electrons. The summed E-state index contributed by atoms with van der Waals surface area (Å²) in [6, 6.07) is 13.7. The summed E-state index contributed by atoms with van der Waals surface area (Å²) in [5.41, 5.74) is 4.25. The lowest BCUT2D eigenvalue weighted by Gasteiger charge is -2.21. The zero-order valence-corrected chi connectivity index (χ0v) is 11.1. The van der Waals surface area contributed by atoms with Crippen LogP contribution in [0.25, 0.3) is 11.1 Å². The molecular formula is C15H14O2S. The second-order valence-electron chi connectivity index (χ2n) is 5.10. The van der Waals surface area contributed by atoms with Crippen LogP contribution in [0.1, 0.15) is 25.0 Å². The summed E-state index contributed by atoms with van der Waals surface area (Å²) in [5, 5.41) is 0. The molecule has 0 heterocycles. The smallest absolute Gasteiger partial charge is 0.187 e. The fourth-order valence-electron chi connectivity index (χ4n) is 2.87. The van der Waals surface area contributed by atoms with Gasteiger partial charge in [-0.3, -0.25) is 0 Å². The molecule has 3 rings (SSSR count). The van der Waals surface area contributed by atoms with Crippen molar-refractivity contribution >= 4 is 11.1 Å². The number of fused-ring (bicyclic) bond motifs is 3. The van der Waals surface area contributed by atoms with Gasteiger partial charge in [0.1, 0.15) is 0 Å². The molecule has 1 aliphatic carbocycles. The zero-order valence-electron chi connectivity index (χ0n) is 10.3. The number of hydrogen-bond donors (Lipinski definition) is 1. The van der Waals surface area contributed by atoms with Gasteiger partial charge in [0.2, 0.25) is 0 Å². The van der Waals surface area contributed by atoms with Crippen LogP contribution in [0.2, 0.25) is 0 Å². The molecule has 0 saturated heterocycles. The maximum absolute atomic E-state index is 11.5. The van der Waals surface area contributed by atoms with E-state index in [0.717, 1.165) is 16.7 Å². The Balaban J connectivity index is 2.44. The first-order valence-electron chi connectivity index (χ1n) is 5.87. The minimum atomic E-state index is -1.95. The van der Waals surface area contributed by atoms with Crippen LogP contribution in [0.3, 0.4) is 0 Å². The second kappa shape index (κ2) is 3.77. The molecule has 3 heteroatoms. The Bertz CT molecular complexity index is 659. The predicted octanol–water partition coefficient (Wildman–Crippen LogP) is 3.57. The van der Waals surface area contributed by atoms with Crippen molar-refractivity contribution in [3.8, 4) is 11.1 Å². The summed E-state index contributed by atoms with van der Waals surface area (Å²) in [4.78, 5) is 0.505. The summed E-state index contributed by atoms with van der Waals surface area (Å²) in [6.07, 6.45) is 0. The number of hydrogen-bond acceptors (Lipinski definition) is 1. The average molecular weight is 258 g/mol. The molecule has 2 aromatic rings. The molecule has 0 aliphatic heterocycles. The van der Waals surface area contributed by atoms with Gasteiger partial charge in [-0.2, -0.15) is 0 Å². The first-order valence-corrected chi connectivity index (χ1v) is 6.98. The zero-order chi connectivity index (χ0) is 12.9. The lowest BCUT2D eigenvalue weighted by molar-refractivity contribution is 0.564.